The highest BCUT2D eigenvalue weighted by atomic mass is 19.1. The van der Waals surface area contributed by atoms with Gasteiger partial charge in [0.15, 0.2) is 5.82 Å². The molecule has 0 amide bonds. The van der Waals surface area contributed by atoms with Gasteiger partial charge in [0.2, 0.25) is 12.4 Å². The first-order chi connectivity index (χ1) is 9.06. The van der Waals surface area contributed by atoms with Gasteiger partial charge in [-0.3, -0.25) is 9.78 Å². The first-order valence-corrected chi connectivity index (χ1v) is 5.85. The summed E-state index contributed by atoms with van der Waals surface area (Å²) in [6, 6.07) is 0. The summed E-state index contributed by atoms with van der Waals surface area (Å²) in [4.78, 5) is 19.0. The minimum atomic E-state index is -1.58. The van der Waals surface area contributed by atoms with Crippen LogP contribution < -0.4 is 21.5 Å². The zero-order chi connectivity index (χ0) is 14.0. The average Bonchev–Trinajstić information content (AvgIpc) is 2.68. The largest absolute Gasteiger partial charge is 0.396 e. The molecule has 1 aromatic rings. The van der Waals surface area contributed by atoms with Gasteiger partial charge in [0.25, 0.3) is 5.56 Å². The number of nitrogen functional groups attached to an aromatic ring is 1. The first-order valence-electron chi connectivity index (χ1n) is 5.85. The Labute approximate surface area is 108 Å². The topological polar surface area (TPSA) is 128 Å². The molecule has 0 aliphatic carbocycles. The van der Waals surface area contributed by atoms with Crippen LogP contribution in [0.1, 0.15) is 6.42 Å². The predicted molar refractivity (Wildman–Crippen MR) is 67.4 cm³/mol. The van der Waals surface area contributed by atoms with Crippen molar-refractivity contribution in [2.24, 2.45) is 5.92 Å². The van der Waals surface area contributed by atoms with Crippen LogP contribution in [0.5, 0.6) is 0 Å². The second-order valence-corrected chi connectivity index (χ2v) is 4.34. The molecule has 2 heterocycles. The van der Waals surface area contributed by atoms with Crippen LogP contribution in [0.25, 0.3) is 0 Å². The van der Waals surface area contributed by atoms with Gasteiger partial charge in [-0.2, -0.15) is 9.37 Å². The molecule has 2 rings (SSSR count). The maximum Gasteiger partial charge on any atom is 0.278 e. The van der Waals surface area contributed by atoms with Crippen LogP contribution in [0.3, 0.4) is 0 Å². The lowest BCUT2D eigenvalue weighted by molar-refractivity contribution is 0.143. The molecule has 19 heavy (non-hydrogen) atoms. The van der Waals surface area contributed by atoms with E-state index in [2.05, 4.69) is 15.3 Å². The van der Waals surface area contributed by atoms with Gasteiger partial charge in [0.05, 0.1) is 0 Å². The number of nitrogens with one attached hydrogen (secondary N) is 2. The number of hydrogen-bond acceptors (Lipinski definition) is 7. The Balaban J connectivity index is 2.18. The van der Waals surface area contributed by atoms with E-state index in [0.29, 0.717) is 6.42 Å². The highest BCUT2D eigenvalue weighted by molar-refractivity contribution is 5.71. The molecule has 9 heteroatoms. The number of aromatic amines is 1. The normalized spacial score (nSPS) is 17.7. The third-order valence-corrected chi connectivity index (χ3v) is 3.02. The van der Waals surface area contributed by atoms with Crippen molar-refractivity contribution in [1.82, 2.24) is 9.97 Å². The summed E-state index contributed by atoms with van der Waals surface area (Å²) in [5.41, 5.74) is 4.92. The van der Waals surface area contributed by atoms with Crippen LogP contribution >= 0.6 is 0 Å². The number of H-pyrrole nitrogens is 1. The Kier molecular flexibility index (Phi) is 3.86. The summed E-state index contributed by atoms with van der Waals surface area (Å²) >= 11 is 0. The highest BCUT2D eigenvalue weighted by Gasteiger charge is 2.32. The highest BCUT2D eigenvalue weighted by Crippen LogP contribution is 2.30. The van der Waals surface area contributed by atoms with E-state index in [0.717, 1.165) is 0 Å². The van der Waals surface area contributed by atoms with Crippen molar-refractivity contribution in [1.29, 1.82) is 0 Å². The second-order valence-electron chi connectivity index (χ2n) is 4.34. The van der Waals surface area contributed by atoms with Crippen LogP contribution in [-0.4, -0.2) is 46.4 Å². The van der Waals surface area contributed by atoms with Crippen LogP contribution in [0.15, 0.2) is 4.79 Å². The van der Waals surface area contributed by atoms with Crippen molar-refractivity contribution in [2.75, 3.05) is 35.7 Å². The molecule has 0 saturated carbocycles. The molecule has 1 aliphatic rings. The van der Waals surface area contributed by atoms with Gasteiger partial charge in [-0.25, -0.2) is 0 Å². The third kappa shape index (κ3) is 2.61. The van der Waals surface area contributed by atoms with E-state index in [1.807, 2.05) is 0 Å². The van der Waals surface area contributed by atoms with E-state index >= 15 is 0 Å². The smallest absolute Gasteiger partial charge is 0.278 e. The maximum absolute atomic E-state index is 13.8. The Morgan fingerprint density at radius 1 is 1.47 bits per heavy atom. The Bertz CT molecular complexity index is 504. The lowest BCUT2D eigenvalue weighted by Gasteiger charge is -2.22. The number of nitrogens with zero attached hydrogens (tertiary/aromatic N) is 2. The number of halogens is 1. The number of fused-ring (bicyclic) bond motifs is 1. The number of rotatable bonds is 5. The van der Waals surface area contributed by atoms with Crippen molar-refractivity contribution in [3.63, 3.8) is 0 Å². The molecule has 0 fully saturated rings. The summed E-state index contributed by atoms with van der Waals surface area (Å²) in [7, 11) is 0. The predicted octanol–water partition coefficient (Wildman–Crippen LogP) is -1.17. The molecule has 106 valence electrons. The van der Waals surface area contributed by atoms with Gasteiger partial charge in [0, 0.05) is 25.7 Å². The fourth-order valence-corrected chi connectivity index (χ4v) is 1.90. The number of aromatic nitrogens is 2. The molecule has 1 aliphatic heterocycles. The van der Waals surface area contributed by atoms with Crippen LogP contribution in [0.4, 0.5) is 21.8 Å². The van der Waals surface area contributed by atoms with E-state index in [1.54, 1.807) is 0 Å². The SMILES string of the molecule is Nc1nc2c(c(=O)[nH]1)NC(F)N2CCC(CO)CO. The van der Waals surface area contributed by atoms with Gasteiger partial charge in [-0.1, -0.05) is 0 Å². The molecule has 8 nitrogen and oxygen atoms in total. The molecule has 0 radical (unpaired) electrons. The van der Waals surface area contributed by atoms with Crippen LogP contribution in [-0.2, 0) is 0 Å². The van der Waals surface area contributed by atoms with E-state index in [1.165, 1.54) is 4.90 Å². The standard InChI is InChI=1S/C10H16FN5O3/c11-9-13-6-7(14-10(12)15-8(6)19)16(9)2-1-5(3-17)4-18/h5,9,13,17-18H,1-4H2,(H3,12,14,15,19). The van der Waals surface area contributed by atoms with Crippen molar-refractivity contribution in [3.8, 4) is 0 Å². The number of aliphatic hydroxyl groups is 2. The summed E-state index contributed by atoms with van der Waals surface area (Å²) in [6.07, 6.45) is -1.22. The van der Waals surface area contributed by atoms with E-state index in [4.69, 9.17) is 15.9 Å². The van der Waals surface area contributed by atoms with E-state index in [-0.39, 0.29) is 43.1 Å². The summed E-state index contributed by atoms with van der Waals surface area (Å²) in [6.45, 7) is -0.179. The molecule has 1 unspecified atom stereocenters. The lowest BCUT2D eigenvalue weighted by Crippen LogP contribution is -2.34. The Morgan fingerprint density at radius 2 is 2.16 bits per heavy atom. The van der Waals surface area contributed by atoms with Crippen LogP contribution in [0, 0.1) is 5.92 Å². The molecule has 1 aromatic heterocycles. The van der Waals surface area contributed by atoms with Gasteiger partial charge in [-0.15, -0.1) is 0 Å². The number of nitrogens with two attached hydrogens (primary N) is 1. The fraction of sp³-hybridized carbons (Fsp3) is 0.600. The summed E-state index contributed by atoms with van der Waals surface area (Å²) in [5.74, 6) is -0.288. The van der Waals surface area contributed by atoms with Crippen molar-refractivity contribution < 1.29 is 14.6 Å². The molecular formula is C10H16FN5O3. The summed E-state index contributed by atoms with van der Waals surface area (Å²) in [5, 5.41) is 20.3. The quantitative estimate of drug-likeness (QED) is 0.428. The summed E-state index contributed by atoms with van der Waals surface area (Å²) < 4.78 is 13.8. The minimum Gasteiger partial charge on any atom is -0.396 e. The van der Waals surface area contributed by atoms with Gasteiger partial charge >= 0.3 is 0 Å². The molecule has 6 N–H and O–H groups in total. The first kappa shape index (κ1) is 13.6. The second kappa shape index (κ2) is 5.41. The number of hydrogen-bond donors (Lipinski definition) is 5. The van der Waals surface area contributed by atoms with Gasteiger partial charge in [0.1, 0.15) is 5.69 Å². The molecule has 1 atom stereocenters. The molecule has 0 spiro atoms. The third-order valence-electron chi connectivity index (χ3n) is 3.02. The van der Waals surface area contributed by atoms with Crippen molar-refractivity contribution in [3.05, 3.63) is 10.4 Å². The van der Waals surface area contributed by atoms with E-state index < -0.39 is 12.0 Å². The number of anilines is 3. The molecule has 0 aromatic carbocycles. The number of alkyl halides is 1. The van der Waals surface area contributed by atoms with Crippen molar-refractivity contribution >= 4 is 17.5 Å². The molecule has 0 bridgehead atoms. The molecular weight excluding hydrogens is 257 g/mol. The minimum absolute atomic E-state index is 0.0336. The maximum atomic E-state index is 13.8. The lowest BCUT2D eigenvalue weighted by atomic mass is 10.1. The zero-order valence-corrected chi connectivity index (χ0v) is 10.1. The van der Waals surface area contributed by atoms with Crippen LogP contribution in [0.2, 0.25) is 0 Å². The van der Waals surface area contributed by atoms with Gasteiger partial charge in [-0.05, 0) is 6.42 Å². The number of aliphatic hydroxyl groups excluding tert-OH is 2. The fourth-order valence-electron chi connectivity index (χ4n) is 1.90. The Hall–Kier alpha value is -1.87. The van der Waals surface area contributed by atoms with Gasteiger partial charge < -0.3 is 26.2 Å². The Morgan fingerprint density at radius 3 is 2.79 bits per heavy atom. The molecule has 0 saturated heterocycles. The monoisotopic (exact) mass is 273 g/mol. The average molecular weight is 273 g/mol. The van der Waals surface area contributed by atoms with E-state index in [9.17, 15) is 9.18 Å². The zero-order valence-electron chi connectivity index (χ0n) is 10.1. The van der Waals surface area contributed by atoms with Crippen molar-refractivity contribution in [2.45, 2.75) is 12.8 Å².